The average molecular weight is 793 g/mol. The van der Waals surface area contributed by atoms with E-state index in [9.17, 15) is 14.4 Å². The summed E-state index contributed by atoms with van der Waals surface area (Å²) in [6, 6.07) is 0. The SMILES string of the molecule is CCCCCCCCCCCCC(=O)OC[C@@H](COC(=O)CCCCCCCCCCCCCCCCC(C)CC)OC(=O)CCCCCCCCCC(C)C. The third-order valence-corrected chi connectivity index (χ3v) is 11.6. The van der Waals surface area contributed by atoms with E-state index in [1.54, 1.807) is 0 Å². The highest BCUT2D eigenvalue weighted by atomic mass is 16.6. The van der Waals surface area contributed by atoms with Gasteiger partial charge >= 0.3 is 17.9 Å². The summed E-state index contributed by atoms with van der Waals surface area (Å²) in [5.41, 5.74) is 0. The first kappa shape index (κ1) is 54.4. The Kier molecular flexibility index (Phi) is 41.8. The number of rotatable bonds is 44. The lowest BCUT2D eigenvalue weighted by molar-refractivity contribution is -0.167. The highest BCUT2D eigenvalue weighted by molar-refractivity contribution is 5.71. The molecule has 6 heteroatoms. The van der Waals surface area contributed by atoms with Crippen LogP contribution in [0.2, 0.25) is 0 Å². The van der Waals surface area contributed by atoms with Gasteiger partial charge in [-0.25, -0.2) is 0 Å². The Morgan fingerprint density at radius 3 is 1.02 bits per heavy atom. The minimum Gasteiger partial charge on any atom is -0.462 e. The van der Waals surface area contributed by atoms with Crippen LogP contribution >= 0.6 is 0 Å². The van der Waals surface area contributed by atoms with Gasteiger partial charge < -0.3 is 14.2 Å². The van der Waals surface area contributed by atoms with Crippen molar-refractivity contribution in [3.63, 3.8) is 0 Å². The van der Waals surface area contributed by atoms with Gasteiger partial charge in [0.2, 0.25) is 0 Å². The molecule has 0 aromatic rings. The molecule has 56 heavy (non-hydrogen) atoms. The molecule has 0 saturated carbocycles. The minimum absolute atomic E-state index is 0.0648. The summed E-state index contributed by atoms with van der Waals surface area (Å²) in [7, 11) is 0. The average Bonchev–Trinajstić information content (AvgIpc) is 3.18. The maximum absolute atomic E-state index is 12.7. The van der Waals surface area contributed by atoms with Gasteiger partial charge in [-0.2, -0.15) is 0 Å². The molecule has 0 spiro atoms. The van der Waals surface area contributed by atoms with Crippen LogP contribution in [0.1, 0.15) is 272 Å². The van der Waals surface area contributed by atoms with Crippen molar-refractivity contribution in [2.45, 2.75) is 278 Å². The van der Waals surface area contributed by atoms with Crippen LogP contribution in [0.4, 0.5) is 0 Å². The molecule has 0 rings (SSSR count). The van der Waals surface area contributed by atoms with Crippen LogP contribution in [0.3, 0.4) is 0 Å². The Hall–Kier alpha value is -1.59. The Morgan fingerprint density at radius 2 is 0.679 bits per heavy atom. The van der Waals surface area contributed by atoms with Crippen molar-refractivity contribution >= 4 is 17.9 Å². The Bertz CT molecular complexity index is 856. The molecule has 0 aromatic heterocycles. The Morgan fingerprint density at radius 1 is 0.375 bits per heavy atom. The van der Waals surface area contributed by atoms with Gasteiger partial charge in [0.15, 0.2) is 6.10 Å². The van der Waals surface area contributed by atoms with Crippen molar-refractivity contribution in [2.24, 2.45) is 11.8 Å². The molecule has 0 amide bonds. The second-order valence-corrected chi connectivity index (χ2v) is 17.8. The summed E-state index contributed by atoms with van der Waals surface area (Å²) < 4.78 is 16.7. The topological polar surface area (TPSA) is 78.9 Å². The van der Waals surface area contributed by atoms with Crippen LogP contribution in [0, 0.1) is 11.8 Å². The molecule has 2 atom stereocenters. The molecule has 0 N–H and O–H groups in total. The lowest BCUT2D eigenvalue weighted by atomic mass is 9.99. The summed E-state index contributed by atoms with van der Waals surface area (Å²) in [6.45, 7) is 11.3. The quantitative estimate of drug-likeness (QED) is 0.0347. The van der Waals surface area contributed by atoms with Gasteiger partial charge in [-0.1, -0.05) is 234 Å². The highest BCUT2D eigenvalue weighted by Gasteiger charge is 2.19. The van der Waals surface area contributed by atoms with E-state index in [1.807, 2.05) is 0 Å². The molecule has 1 unspecified atom stereocenters. The van der Waals surface area contributed by atoms with Crippen molar-refractivity contribution < 1.29 is 28.6 Å². The summed E-state index contributed by atoms with van der Waals surface area (Å²) in [4.78, 5) is 37.8. The van der Waals surface area contributed by atoms with E-state index in [-0.39, 0.29) is 31.1 Å². The largest absolute Gasteiger partial charge is 0.462 e. The first-order valence-electron chi connectivity index (χ1n) is 24.8. The Balaban J connectivity index is 4.24. The van der Waals surface area contributed by atoms with Crippen LogP contribution in [-0.4, -0.2) is 37.2 Å². The van der Waals surface area contributed by atoms with Crippen LogP contribution in [0.25, 0.3) is 0 Å². The van der Waals surface area contributed by atoms with E-state index in [2.05, 4.69) is 34.6 Å². The fourth-order valence-electron chi connectivity index (χ4n) is 7.43. The van der Waals surface area contributed by atoms with Gasteiger partial charge in [0.05, 0.1) is 0 Å². The molecule has 0 radical (unpaired) electrons. The third kappa shape index (κ3) is 42.0. The van der Waals surface area contributed by atoms with Crippen molar-refractivity contribution in [3.8, 4) is 0 Å². The summed E-state index contributed by atoms with van der Waals surface area (Å²) in [5.74, 6) is 0.818. The number of esters is 3. The number of carbonyl (C=O) groups excluding carboxylic acids is 3. The molecule has 332 valence electrons. The van der Waals surface area contributed by atoms with Crippen molar-refractivity contribution in [2.75, 3.05) is 13.2 Å². The molecular formula is C50H96O6. The van der Waals surface area contributed by atoms with E-state index in [0.29, 0.717) is 19.3 Å². The zero-order valence-corrected chi connectivity index (χ0v) is 38.3. The van der Waals surface area contributed by atoms with Crippen molar-refractivity contribution in [3.05, 3.63) is 0 Å². The second-order valence-electron chi connectivity index (χ2n) is 17.8. The molecule has 0 aliphatic rings. The molecule has 0 aliphatic heterocycles. The number of hydrogen-bond acceptors (Lipinski definition) is 6. The smallest absolute Gasteiger partial charge is 0.306 e. The maximum Gasteiger partial charge on any atom is 0.306 e. The fourth-order valence-corrected chi connectivity index (χ4v) is 7.43. The van der Waals surface area contributed by atoms with Crippen LogP contribution in [-0.2, 0) is 28.6 Å². The van der Waals surface area contributed by atoms with Gasteiger partial charge in [-0.3, -0.25) is 14.4 Å². The number of ether oxygens (including phenoxy) is 3. The van der Waals surface area contributed by atoms with E-state index >= 15 is 0 Å². The fraction of sp³-hybridized carbons (Fsp3) is 0.940. The van der Waals surface area contributed by atoms with Crippen LogP contribution in [0.15, 0.2) is 0 Å². The number of hydrogen-bond donors (Lipinski definition) is 0. The lowest BCUT2D eigenvalue weighted by Crippen LogP contribution is -2.30. The van der Waals surface area contributed by atoms with Gasteiger partial charge in [0.1, 0.15) is 13.2 Å². The van der Waals surface area contributed by atoms with E-state index < -0.39 is 6.10 Å². The van der Waals surface area contributed by atoms with E-state index in [4.69, 9.17) is 14.2 Å². The third-order valence-electron chi connectivity index (χ3n) is 11.6. The predicted octanol–water partition coefficient (Wildman–Crippen LogP) is 15.8. The van der Waals surface area contributed by atoms with E-state index in [1.165, 1.54) is 161 Å². The standard InChI is InChI=1S/C50H96O6/c1-6-8-9-10-11-12-20-25-30-35-40-48(51)54-43-47(56-50(53)42-37-32-27-22-23-28-33-38-45(3)4)44-55-49(52)41-36-31-26-21-18-16-14-13-15-17-19-24-29-34-39-46(5)7-2/h45-47H,6-44H2,1-5H3/t46?,47-/m0/s1. The van der Waals surface area contributed by atoms with Gasteiger partial charge in [0, 0.05) is 19.3 Å². The molecule has 0 aromatic carbocycles. The molecule has 0 fully saturated rings. The van der Waals surface area contributed by atoms with Crippen molar-refractivity contribution in [1.82, 2.24) is 0 Å². The lowest BCUT2D eigenvalue weighted by Gasteiger charge is -2.18. The van der Waals surface area contributed by atoms with Crippen molar-refractivity contribution in [1.29, 1.82) is 0 Å². The van der Waals surface area contributed by atoms with Gasteiger partial charge in [0.25, 0.3) is 0 Å². The molecular weight excluding hydrogens is 697 g/mol. The first-order chi connectivity index (χ1) is 27.3. The molecule has 6 nitrogen and oxygen atoms in total. The van der Waals surface area contributed by atoms with Crippen LogP contribution < -0.4 is 0 Å². The normalized spacial score (nSPS) is 12.5. The second kappa shape index (κ2) is 43.0. The summed E-state index contributed by atoms with van der Waals surface area (Å²) in [5, 5.41) is 0. The first-order valence-corrected chi connectivity index (χ1v) is 24.8. The summed E-state index contributed by atoms with van der Waals surface area (Å²) in [6.07, 6.45) is 42.3. The van der Waals surface area contributed by atoms with Gasteiger partial charge in [-0.15, -0.1) is 0 Å². The molecule has 0 saturated heterocycles. The summed E-state index contributed by atoms with van der Waals surface area (Å²) >= 11 is 0. The monoisotopic (exact) mass is 793 g/mol. The predicted molar refractivity (Wildman–Crippen MR) is 238 cm³/mol. The highest BCUT2D eigenvalue weighted by Crippen LogP contribution is 2.17. The molecule has 0 heterocycles. The minimum atomic E-state index is -0.761. The van der Waals surface area contributed by atoms with Crippen LogP contribution in [0.5, 0.6) is 0 Å². The Labute approximate surface area is 348 Å². The van der Waals surface area contributed by atoms with E-state index in [0.717, 1.165) is 69.6 Å². The number of unbranched alkanes of at least 4 members (excludes halogenated alkanes) is 28. The van der Waals surface area contributed by atoms with Gasteiger partial charge in [-0.05, 0) is 31.1 Å². The number of carbonyl (C=O) groups is 3. The zero-order chi connectivity index (χ0) is 41.2. The molecule has 0 aliphatic carbocycles. The maximum atomic E-state index is 12.7. The zero-order valence-electron chi connectivity index (χ0n) is 38.3. The molecule has 0 bridgehead atoms.